The zero-order chi connectivity index (χ0) is 13.2. The van der Waals surface area contributed by atoms with Crippen molar-refractivity contribution in [3.63, 3.8) is 0 Å². The number of alkyl halides is 1. The van der Waals surface area contributed by atoms with Crippen molar-refractivity contribution in [1.29, 1.82) is 0 Å². The lowest BCUT2D eigenvalue weighted by atomic mass is 10.1. The summed E-state index contributed by atoms with van der Waals surface area (Å²) in [6.07, 6.45) is 3.43. The minimum atomic E-state index is 0.589. The summed E-state index contributed by atoms with van der Waals surface area (Å²) in [6, 6.07) is 7.88. The number of rotatable bonds is 9. The van der Waals surface area contributed by atoms with Gasteiger partial charge in [0, 0.05) is 11.2 Å². The minimum absolute atomic E-state index is 0.589. The van der Waals surface area contributed by atoms with Crippen molar-refractivity contribution >= 4 is 15.9 Å². The summed E-state index contributed by atoms with van der Waals surface area (Å²) in [5, 5.41) is 0.999. The largest absolute Gasteiger partial charge is 0.494 e. The molecule has 0 aliphatic rings. The van der Waals surface area contributed by atoms with Crippen LogP contribution in [0.5, 0.6) is 11.5 Å². The zero-order valence-corrected chi connectivity index (χ0v) is 12.9. The molecule has 0 aliphatic carbocycles. The molecule has 3 heteroatoms. The summed E-state index contributed by atoms with van der Waals surface area (Å²) < 4.78 is 11.3. The van der Waals surface area contributed by atoms with Crippen LogP contribution in [0, 0.1) is 5.92 Å². The van der Waals surface area contributed by atoms with E-state index in [1.807, 2.05) is 24.3 Å². The molecule has 0 aromatic heterocycles. The van der Waals surface area contributed by atoms with E-state index in [0.717, 1.165) is 36.5 Å². The van der Waals surface area contributed by atoms with E-state index in [1.54, 1.807) is 0 Å². The van der Waals surface area contributed by atoms with Crippen LogP contribution in [0.2, 0.25) is 0 Å². The molecule has 1 rings (SSSR count). The Kier molecular flexibility index (Phi) is 7.90. The van der Waals surface area contributed by atoms with Gasteiger partial charge >= 0.3 is 0 Å². The lowest BCUT2D eigenvalue weighted by molar-refractivity contribution is 0.254. The monoisotopic (exact) mass is 314 g/mol. The highest BCUT2D eigenvalue weighted by molar-refractivity contribution is 9.09. The summed E-state index contributed by atoms with van der Waals surface area (Å²) in [6.45, 7) is 5.85. The first-order valence-electron chi connectivity index (χ1n) is 6.71. The maximum Gasteiger partial charge on any atom is 0.119 e. The SMILES string of the molecule is CCCOc1ccc(OCC(CBr)CCC)cc1. The minimum Gasteiger partial charge on any atom is -0.494 e. The number of hydrogen-bond donors (Lipinski definition) is 0. The molecule has 0 N–H and O–H groups in total. The van der Waals surface area contributed by atoms with E-state index in [1.165, 1.54) is 12.8 Å². The third-order valence-electron chi connectivity index (χ3n) is 2.70. The fraction of sp³-hybridized carbons (Fsp3) is 0.600. The molecule has 0 fully saturated rings. The third-order valence-corrected chi connectivity index (χ3v) is 3.61. The summed E-state index contributed by atoms with van der Waals surface area (Å²) in [7, 11) is 0. The Morgan fingerprint density at radius 3 is 2.11 bits per heavy atom. The second-order valence-electron chi connectivity index (χ2n) is 4.44. The van der Waals surface area contributed by atoms with Crippen molar-refractivity contribution in [2.45, 2.75) is 33.1 Å². The molecule has 0 bridgehead atoms. The van der Waals surface area contributed by atoms with E-state index in [-0.39, 0.29) is 0 Å². The van der Waals surface area contributed by atoms with Crippen molar-refractivity contribution < 1.29 is 9.47 Å². The van der Waals surface area contributed by atoms with Crippen LogP contribution in [0.25, 0.3) is 0 Å². The van der Waals surface area contributed by atoms with Gasteiger partial charge in [-0.1, -0.05) is 36.2 Å². The van der Waals surface area contributed by atoms with Crippen LogP contribution in [0.3, 0.4) is 0 Å². The highest BCUT2D eigenvalue weighted by Crippen LogP contribution is 2.19. The molecule has 0 heterocycles. The Labute approximate surface area is 119 Å². The smallest absolute Gasteiger partial charge is 0.119 e. The first-order chi connectivity index (χ1) is 8.80. The first-order valence-corrected chi connectivity index (χ1v) is 7.83. The molecule has 102 valence electrons. The zero-order valence-electron chi connectivity index (χ0n) is 11.3. The molecule has 0 saturated heterocycles. The normalized spacial score (nSPS) is 12.2. The van der Waals surface area contributed by atoms with Crippen molar-refractivity contribution in [1.82, 2.24) is 0 Å². The van der Waals surface area contributed by atoms with Crippen LogP contribution in [0.15, 0.2) is 24.3 Å². The van der Waals surface area contributed by atoms with Crippen LogP contribution in [-0.2, 0) is 0 Å². The molecule has 0 amide bonds. The van der Waals surface area contributed by atoms with Crippen LogP contribution in [0.1, 0.15) is 33.1 Å². The van der Waals surface area contributed by atoms with Gasteiger partial charge in [-0.3, -0.25) is 0 Å². The summed E-state index contributed by atoms with van der Waals surface area (Å²) >= 11 is 3.53. The highest BCUT2D eigenvalue weighted by atomic mass is 79.9. The molecule has 1 aromatic carbocycles. The molecule has 0 radical (unpaired) electrons. The van der Waals surface area contributed by atoms with Crippen LogP contribution in [-0.4, -0.2) is 18.5 Å². The molecule has 0 spiro atoms. The molecule has 1 unspecified atom stereocenters. The van der Waals surface area contributed by atoms with Gasteiger partial charge in [0.15, 0.2) is 0 Å². The standard InChI is InChI=1S/C15H23BrO2/c1-3-5-13(11-16)12-18-15-8-6-14(7-9-15)17-10-4-2/h6-9,13H,3-5,10-12H2,1-2H3. The lowest BCUT2D eigenvalue weighted by Crippen LogP contribution is -2.13. The molecule has 2 nitrogen and oxygen atoms in total. The Balaban J connectivity index is 2.38. The predicted molar refractivity (Wildman–Crippen MR) is 79.9 cm³/mol. The van der Waals surface area contributed by atoms with Gasteiger partial charge in [-0.25, -0.2) is 0 Å². The molecular formula is C15H23BrO2. The van der Waals surface area contributed by atoms with Gasteiger partial charge in [0.25, 0.3) is 0 Å². The quantitative estimate of drug-likeness (QED) is 0.617. The van der Waals surface area contributed by atoms with Gasteiger partial charge in [0.05, 0.1) is 13.2 Å². The average molecular weight is 315 g/mol. The molecule has 18 heavy (non-hydrogen) atoms. The van der Waals surface area contributed by atoms with Gasteiger partial charge in [-0.15, -0.1) is 0 Å². The van der Waals surface area contributed by atoms with Crippen LogP contribution >= 0.6 is 15.9 Å². The molecule has 0 aliphatic heterocycles. The number of halogens is 1. The van der Waals surface area contributed by atoms with Gasteiger partial charge in [-0.05, 0) is 37.1 Å². The lowest BCUT2D eigenvalue weighted by Gasteiger charge is -2.14. The molecule has 1 atom stereocenters. The number of ether oxygens (including phenoxy) is 2. The van der Waals surface area contributed by atoms with E-state index >= 15 is 0 Å². The van der Waals surface area contributed by atoms with Gasteiger partial charge in [0.2, 0.25) is 0 Å². The summed E-state index contributed by atoms with van der Waals surface area (Å²) in [5.41, 5.74) is 0. The maximum atomic E-state index is 5.79. The topological polar surface area (TPSA) is 18.5 Å². The van der Waals surface area contributed by atoms with Gasteiger partial charge in [-0.2, -0.15) is 0 Å². The van der Waals surface area contributed by atoms with E-state index in [9.17, 15) is 0 Å². The third kappa shape index (κ3) is 5.76. The van der Waals surface area contributed by atoms with Crippen LogP contribution in [0.4, 0.5) is 0 Å². The van der Waals surface area contributed by atoms with Crippen molar-refractivity contribution in [2.75, 3.05) is 18.5 Å². The Bertz CT molecular complexity index is 311. The van der Waals surface area contributed by atoms with Crippen molar-refractivity contribution in [3.05, 3.63) is 24.3 Å². The number of hydrogen-bond acceptors (Lipinski definition) is 2. The molecule has 1 aromatic rings. The Hall–Kier alpha value is -0.700. The van der Waals surface area contributed by atoms with E-state index in [0.29, 0.717) is 5.92 Å². The second-order valence-corrected chi connectivity index (χ2v) is 5.09. The Morgan fingerprint density at radius 2 is 1.61 bits per heavy atom. The highest BCUT2D eigenvalue weighted by Gasteiger charge is 2.06. The van der Waals surface area contributed by atoms with Crippen molar-refractivity contribution in [2.24, 2.45) is 5.92 Å². The fourth-order valence-corrected chi connectivity index (χ4v) is 2.19. The predicted octanol–water partition coefficient (Wildman–Crippen LogP) is 4.67. The second kappa shape index (κ2) is 9.26. The summed E-state index contributed by atoms with van der Waals surface area (Å²) in [4.78, 5) is 0. The van der Waals surface area contributed by atoms with E-state index in [2.05, 4.69) is 29.8 Å². The maximum absolute atomic E-state index is 5.79. The van der Waals surface area contributed by atoms with Gasteiger partial charge < -0.3 is 9.47 Å². The van der Waals surface area contributed by atoms with Gasteiger partial charge in [0.1, 0.15) is 11.5 Å². The Morgan fingerprint density at radius 1 is 1.00 bits per heavy atom. The molecular weight excluding hydrogens is 292 g/mol. The molecule has 0 saturated carbocycles. The van der Waals surface area contributed by atoms with E-state index < -0.39 is 0 Å². The number of benzene rings is 1. The van der Waals surface area contributed by atoms with Crippen molar-refractivity contribution in [3.8, 4) is 11.5 Å². The summed E-state index contributed by atoms with van der Waals surface area (Å²) in [5.74, 6) is 2.42. The average Bonchev–Trinajstić information content (AvgIpc) is 2.42. The fourth-order valence-electron chi connectivity index (χ4n) is 1.68. The van der Waals surface area contributed by atoms with E-state index in [4.69, 9.17) is 9.47 Å². The van der Waals surface area contributed by atoms with Crippen LogP contribution < -0.4 is 9.47 Å². The first kappa shape index (κ1) is 15.4.